The van der Waals surface area contributed by atoms with Gasteiger partial charge in [-0.05, 0) is 30.8 Å². The minimum absolute atomic E-state index is 0.0654. The van der Waals surface area contributed by atoms with Crippen molar-refractivity contribution in [3.8, 4) is 11.5 Å². The number of rotatable bonds is 7. The van der Waals surface area contributed by atoms with Crippen LogP contribution in [0.15, 0.2) is 42.5 Å². The Bertz CT molecular complexity index is 688. The van der Waals surface area contributed by atoms with E-state index in [1.54, 1.807) is 26.4 Å². The second-order valence-electron chi connectivity index (χ2n) is 5.28. The predicted molar refractivity (Wildman–Crippen MR) is 87.8 cm³/mol. The SMILES string of the molecule is COc1cccc(CN(C)Cc2cc([N+](=O)[O-])ccc2OC)c1. The summed E-state index contributed by atoms with van der Waals surface area (Å²) in [5.41, 5.74) is 1.96. The molecule has 0 heterocycles. The molecule has 2 aromatic rings. The first-order valence-electron chi connectivity index (χ1n) is 7.16. The van der Waals surface area contributed by atoms with Crippen molar-refractivity contribution in [3.05, 3.63) is 63.7 Å². The molecule has 0 aromatic heterocycles. The van der Waals surface area contributed by atoms with E-state index in [9.17, 15) is 10.1 Å². The Morgan fingerprint density at radius 3 is 2.52 bits per heavy atom. The molecule has 0 aliphatic carbocycles. The Kier molecular flexibility index (Phi) is 5.54. The fourth-order valence-electron chi connectivity index (χ4n) is 2.43. The molecule has 2 rings (SSSR count). The molecule has 0 bridgehead atoms. The van der Waals surface area contributed by atoms with Gasteiger partial charge in [0.25, 0.3) is 5.69 Å². The number of nitro groups is 1. The summed E-state index contributed by atoms with van der Waals surface area (Å²) in [4.78, 5) is 12.6. The zero-order valence-corrected chi connectivity index (χ0v) is 13.5. The molecule has 23 heavy (non-hydrogen) atoms. The topological polar surface area (TPSA) is 64.8 Å². The average molecular weight is 316 g/mol. The van der Waals surface area contributed by atoms with E-state index < -0.39 is 4.92 Å². The lowest BCUT2D eigenvalue weighted by molar-refractivity contribution is -0.384. The van der Waals surface area contributed by atoms with E-state index in [4.69, 9.17) is 9.47 Å². The molecule has 0 radical (unpaired) electrons. The lowest BCUT2D eigenvalue weighted by Crippen LogP contribution is -2.17. The van der Waals surface area contributed by atoms with Gasteiger partial charge in [-0.2, -0.15) is 0 Å². The van der Waals surface area contributed by atoms with E-state index in [2.05, 4.69) is 4.90 Å². The third kappa shape index (κ3) is 4.43. The molecule has 6 nitrogen and oxygen atoms in total. The molecular weight excluding hydrogens is 296 g/mol. The van der Waals surface area contributed by atoms with Gasteiger partial charge in [0.1, 0.15) is 11.5 Å². The third-order valence-corrected chi connectivity index (χ3v) is 3.50. The van der Waals surface area contributed by atoms with Gasteiger partial charge in [0.2, 0.25) is 0 Å². The van der Waals surface area contributed by atoms with Crippen LogP contribution < -0.4 is 9.47 Å². The maximum Gasteiger partial charge on any atom is 0.270 e. The van der Waals surface area contributed by atoms with Gasteiger partial charge in [0.05, 0.1) is 19.1 Å². The van der Waals surface area contributed by atoms with Gasteiger partial charge in [-0.1, -0.05) is 12.1 Å². The summed E-state index contributed by atoms with van der Waals surface area (Å²) < 4.78 is 10.5. The molecule has 0 aliphatic rings. The third-order valence-electron chi connectivity index (χ3n) is 3.50. The van der Waals surface area contributed by atoms with Crippen LogP contribution in [0.1, 0.15) is 11.1 Å². The van der Waals surface area contributed by atoms with E-state index in [-0.39, 0.29) is 5.69 Å². The van der Waals surface area contributed by atoms with Gasteiger partial charge < -0.3 is 9.47 Å². The van der Waals surface area contributed by atoms with Crippen molar-refractivity contribution in [2.24, 2.45) is 0 Å². The Morgan fingerprint density at radius 2 is 1.87 bits per heavy atom. The van der Waals surface area contributed by atoms with Gasteiger partial charge in [-0.3, -0.25) is 15.0 Å². The number of non-ortho nitro benzene ring substituents is 1. The van der Waals surface area contributed by atoms with Crippen molar-refractivity contribution in [2.75, 3.05) is 21.3 Å². The summed E-state index contributed by atoms with van der Waals surface area (Å²) in [6.45, 7) is 1.24. The lowest BCUT2D eigenvalue weighted by atomic mass is 10.1. The highest BCUT2D eigenvalue weighted by Gasteiger charge is 2.13. The molecule has 0 spiro atoms. The zero-order chi connectivity index (χ0) is 16.8. The van der Waals surface area contributed by atoms with E-state index in [1.165, 1.54) is 6.07 Å². The molecule has 6 heteroatoms. The van der Waals surface area contributed by atoms with E-state index >= 15 is 0 Å². The van der Waals surface area contributed by atoms with Crippen molar-refractivity contribution in [1.82, 2.24) is 4.90 Å². The maximum atomic E-state index is 10.9. The Morgan fingerprint density at radius 1 is 1.09 bits per heavy atom. The number of nitrogens with zero attached hydrogens (tertiary/aromatic N) is 2. The first-order valence-corrected chi connectivity index (χ1v) is 7.16. The van der Waals surface area contributed by atoms with E-state index in [0.717, 1.165) is 16.9 Å². The number of hydrogen-bond donors (Lipinski definition) is 0. The highest BCUT2D eigenvalue weighted by Crippen LogP contribution is 2.25. The number of nitro benzene ring substituents is 1. The Hall–Kier alpha value is -2.60. The summed E-state index contributed by atoms with van der Waals surface area (Å²) >= 11 is 0. The second kappa shape index (κ2) is 7.60. The lowest BCUT2D eigenvalue weighted by Gasteiger charge is -2.18. The summed E-state index contributed by atoms with van der Waals surface area (Å²) in [7, 11) is 5.15. The van der Waals surface area contributed by atoms with Gasteiger partial charge in [0, 0.05) is 30.8 Å². The molecule has 0 atom stereocenters. The van der Waals surface area contributed by atoms with Crippen LogP contribution in [-0.2, 0) is 13.1 Å². The van der Waals surface area contributed by atoms with Crippen molar-refractivity contribution >= 4 is 5.69 Å². The maximum absolute atomic E-state index is 10.9. The Balaban J connectivity index is 2.13. The monoisotopic (exact) mass is 316 g/mol. The fraction of sp³-hybridized carbons (Fsp3) is 0.294. The molecule has 0 unspecified atom stereocenters. The molecule has 122 valence electrons. The van der Waals surface area contributed by atoms with Crippen molar-refractivity contribution in [3.63, 3.8) is 0 Å². The number of methoxy groups -OCH3 is 2. The van der Waals surface area contributed by atoms with Crippen LogP contribution in [0.2, 0.25) is 0 Å². The van der Waals surface area contributed by atoms with Crippen LogP contribution in [0.5, 0.6) is 11.5 Å². The predicted octanol–water partition coefficient (Wildman–Crippen LogP) is 3.24. The molecule has 0 aliphatic heterocycles. The van der Waals surface area contributed by atoms with E-state index in [0.29, 0.717) is 18.8 Å². The smallest absolute Gasteiger partial charge is 0.270 e. The molecular formula is C17H20N2O4. The average Bonchev–Trinajstić information content (AvgIpc) is 2.54. The normalized spacial score (nSPS) is 10.6. The molecule has 2 aromatic carbocycles. The fourth-order valence-corrected chi connectivity index (χ4v) is 2.43. The van der Waals surface area contributed by atoms with Crippen LogP contribution in [0.4, 0.5) is 5.69 Å². The largest absolute Gasteiger partial charge is 0.497 e. The van der Waals surface area contributed by atoms with E-state index in [1.807, 2.05) is 31.3 Å². The van der Waals surface area contributed by atoms with Crippen molar-refractivity contribution in [1.29, 1.82) is 0 Å². The van der Waals surface area contributed by atoms with Crippen molar-refractivity contribution in [2.45, 2.75) is 13.1 Å². The highest BCUT2D eigenvalue weighted by atomic mass is 16.6. The van der Waals surface area contributed by atoms with Crippen LogP contribution in [0, 0.1) is 10.1 Å². The highest BCUT2D eigenvalue weighted by molar-refractivity contribution is 5.43. The quantitative estimate of drug-likeness (QED) is 0.579. The summed E-state index contributed by atoms with van der Waals surface area (Å²) in [6, 6.07) is 12.5. The second-order valence-corrected chi connectivity index (χ2v) is 5.28. The standard InChI is InChI=1S/C17H20N2O4/c1-18(11-13-5-4-6-16(9-13)22-2)12-14-10-15(19(20)21)7-8-17(14)23-3/h4-10H,11-12H2,1-3H3. The van der Waals surface area contributed by atoms with Gasteiger partial charge in [0.15, 0.2) is 0 Å². The van der Waals surface area contributed by atoms with Crippen LogP contribution in [0.3, 0.4) is 0 Å². The first kappa shape index (κ1) is 16.8. The van der Waals surface area contributed by atoms with Crippen LogP contribution in [0.25, 0.3) is 0 Å². The molecule has 0 saturated carbocycles. The summed E-state index contributed by atoms with van der Waals surface area (Å²) in [5.74, 6) is 1.46. The number of hydrogen-bond acceptors (Lipinski definition) is 5. The summed E-state index contributed by atoms with van der Waals surface area (Å²) in [5, 5.41) is 10.9. The first-order chi connectivity index (χ1) is 11.0. The minimum atomic E-state index is -0.398. The van der Waals surface area contributed by atoms with Gasteiger partial charge >= 0.3 is 0 Å². The van der Waals surface area contributed by atoms with Gasteiger partial charge in [-0.25, -0.2) is 0 Å². The minimum Gasteiger partial charge on any atom is -0.497 e. The van der Waals surface area contributed by atoms with Crippen LogP contribution in [-0.4, -0.2) is 31.1 Å². The van der Waals surface area contributed by atoms with Crippen LogP contribution >= 0.6 is 0 Å². The zero-order valence-electron chi connectivity index (χ0n) is 13.5. The molecule has 0 N–H and O–H groups in total. The Labute approximate surface area is 135 Å². The van der Waals surface area contributed by atoms with Crippen molar-refractivity contribution < 1.29 is 14.4 Å². The summed E-state index contributed by atoms with van der Waals surface area (Å²) in [6.07, 6.45) is 0. The number of benzene rings is 2. The van der Waals surface area contributed by atoms with Gasteiger partial charge in [-0.15, -0.1) is 0 Å². The molecule has 0 fully saturated rings. The molecule has 0 amide bonds. The molecule has 0 saturated heterocycles. The number of ether oxygens (including phenoxy) is 2.